The van der Waals surface area contributed by atoms with Crippen molar-refractivity contribution in [2.45, 2.75) is 32.0 Å². The molecule has 1 aromatic carbocycles. The molecule has 8 nitrogen and oxygen atoms in total. The Bertz CT molecular complexity index is 1300. The van der Waals surface area contributed by atoms with Crippen molar-refractivity contribution < 1.29 is 9.53 Å². The first kappa shape index (κ1) is 19.9. The smallest absolute Gasteiger partial charge is 0.219 e. The predicted molar refractivity (Wildman–Crippen MR) is 124 cm³/mol. The van der Waals surface area contributed by atoms with Crippen LogP contribution in [0.15, 0.2) is 60.9 Å². The van der Waals surface area contributed by atoms with E-state index in [1.54, 1.807) is 19.3 Å². The second-order valence-corrected chi connectivity index (χ2v) is 8.75. The molecule has 0 saturated carbocycles. The fourth-order valence-electron chi connectivity index (χ4n) is 4.97. The van der Waals surface area contributed by atoms with E-state index in [0.717, 1.165) is 59.7 Å². The van der Waals surface area contributed by atoms with Gasteiger partial charge < -0.3 is 9.64 Å². The average molecular weight is 441 g/mol. The Morgan fingerprint density at radius 3 is 2.79 bits per heavy atom. The molecule has 8 heteroatoms. The van der Waals surface area contributed by atoms with Gasteiger partial charge in [-0.15, -0.1) is 0 Å². The van der Waals surface area contributed by atoms with Crippen LogP contribution in [0.1, 0.15) is 19.0 Å². The minimum atomic E-state index is 0.188. The Hall–Kier alpha value is -3.78. The summed E-state index contributed by atoms with van der Waals surface area (Å²) in [5, 5.41) is 7.99. The molecule has 2 aliphatic heterocycles. The number of amides is 1. The van der Waals surface area contributed by atoms with Crippen LogP contribution in [0.25, 0.3) is 22.2 Å². The molecule has 3 aromatic heterocycles. The van der Waals surface area contributed by atoms with Gasteiger partial charge in [0.2, 0.25) is 11.8 Å². The molecule has 6 rings (SSSR count). The van der Waals surface area contributed by atoms with Crippen molar-refractivity contribution in [3.05, 3.63) is 66.6 Å². The number of benzene rings is 1. The average Bonchev–Trinajstić information content (AvgIpc) is 3.57. The molecule has 1 N–H and O–H groups in total. The monoisotopic (exact) mass is 440 g/mol. The van der Waals surface area contributed by atoms with Gasteiger partial charge >= 0.3 is 0 Å². The highest BCUT2D eigenvalue weighted by molar-refractivity contribution is 5.80. The Morgan fingerprint density at radius 1 is 1.12 bits per heavy atom. The third kappa shape index (κ3) is 3.82. The summed E-state index contributed by atoms with van der Waals surface area (Å²) < 4.78 is 5.95. The molecule has 5 heterocycles. The summed E-state index contributed by atoms with van der Waals surface area (Å²) in [5.41, 5.74) is 3.77. The summed E-state index contributed by atoms with van der Waals surface area (Å²) >= 11 is 0. The quantitative estimate of drug-likeness (QED) is 0.510. The zero-order valence-corrected chi connectivity index (χ0v) is 18.3. The topological polar surface area (TPSA) is 87.2 Å². The number of ether oxygens (including phenoxy) is 1. The van der Waals surface area contributed by atoms with Crippen LogP contribution in [-0.2, 0) is 11.3 Å². The minimum absolute atomic E-state index is 0.188. The normalized spacial score (nSPS) is 20.0. The summed E-state index contributed by atoms with van der Waals surface area (Å²) in [4.78, 5) is 25.4. The molecule has 0 radical (unpaired) electrons. The van der Waals surface area contributed by atoms with Crippen molar-refractivity contribution in [2.24, 2.45) is 0 Å². The van der Waals surface area contributed by atoms with Gasteiger partial charge in [-0.2, -0.15) is 5.10 Å². The number of pyridine rings is 2. The first-order valence-electron chi connectivity index (χ1n) is 11.2. The Kier molecular flexibility index (Phi) is 4.80. The molecule has 2 aliphatic rings. The van der Waals surface area contributed by atoms with Crippen molar-refractivity contribution in [2.75, 3.05) is 13.1 Å². The number of fused-ring (bicyclic) bond motifs is 3. The molecule has 1 unspecified atom stereocenters. The summed E-state index contributed by atoms with van der Waals surface area (Å²) in [6.45, 7) is 4.25. The molecule has 33 heavy (non-hydrogen) atoms. The number of piperazine rings is 1. The number of hydrogen-bond donors (Lipinski definition) is 1. The van der Waals surface area contributed by atoms with E-state index < -0.39 is 0 Å². The van der Waals surface area contributed by atoms with Gasteiger partial charge in [0.1, 0.15) is 5.75 Å². The second-order valence-electron chi connectivity index (χ2n) is 8.75. The largest absolute Gasteiger partial charge is 0.439 e. The van der Waals surface area contributed by atoms with Crippen LogP contribution in [0.2, 0.25) is 0 Å². The van der Waals surface area contributed by atoms with E-state index in [4.69, 9.17) is 9.72 Å². The predicted octanol–water partition coefficient (Wildman–Crippen LogP) is 3.62. The molecule has 0 aliphatic carbocycles. The van der Waals surface area contributed by atoms with Crippen LogP contribution in [-0.4, -0.2) is 61.0 Å². The Morgan fingerprint density at radius 2 is 2.06 bits per heavy atom. The van der Waals surface area contributed by atoms with Crippen LogP contribution < -0.4 is 4.74 Å². The van der Waals surface area contributed by atoms with Crippen LogP contribution >= 0.6 is 0 Å². The summed E-state index contributed by atoms with van der Waals surface area (Å²) in [5.74, 6) is 1.44. The van der Waals surface area contributed by atoms with Crippen LogP contribution in [0.5, 0.6) is 11.6 Å². The van der Waals surface area contributed by atoms with E-state index in [2.05, 4.69) is 32.2 Å². The Balaban J connectivity index is 1.13. The van der Waals surface area contributed by atoms with E-state index in [1.165, 1.54) is 0 Å². The number of carbonyl (C=O) groups excluding carboxylic acids is 1. The third-order valence-electron chi connectivity index (χ3n) is 6.60. The fraction of sp³-hybridized carbons (Fsp3) is 0.280. The van der Waals surface area contributed by atoms with Crippen LogP contribution in [0, 0.1) is 0 Å². The SMILES string of the molecule is CC(=O)N1C[C@@H]2CC1CN2Cc1ccc2cc(Oc3ccc(-c4cc[nH]n4)cn3)ccc2n1. The summed E-state index contributed by atoms with van der Waals surface area (Å²) in [6.07, 6.45) is 4.61. The summed E-state index contributed by atoms with van der Waals surface area (Å²) in [7, 11) is 0. The molecule has 2 atom stereocenters. The first-order valence-corrected chi connectivity index (χ1v) is 11.2. The zero-order chi connectivity index (χ0) is 22.4. The lowest BCUT2D eigenvalue weighted by atomic mass is 10.2. The van der Waals surface area contributed by atoms with Crippen molar-refractivity contribution in [1.82, 2.24) is 30.0 Å². The number of H-pyrrole nitrogens is 1. The highest BCUT2D eigenvalue weighted by atomic mass is 16.5. The number of nitrogens with zero attached hydrogens (tertiary/aromatic N) is 5. The lowest BCUT2D eigenvalue weighted by Gasteiger charge is -2.33. The van der Waals surface area contributed by atoms with E-state index in [-0.39, 0.29) is 5.91 Å². The van der Waals surface area contributed by atoms with Crippen molar-refractivity contribution in [3.63, 3.8) is 0 Å². The number of likely N-dealkylation sites (tertiary alicyclic amines) is 2. The number of aromatic nitrogens is 4. The zero-order valence-electron chi connectivity index (χ0n) is 18.3. The molecule has 1 amide bonds. The van der Waals surface area contributed by atoms with E-state index in [1.807, 2.05) is 41.3 Å². The number of hydrogen-bond acceptors (Lipinski definition) is 6. The van der Waals surface area contributed by atoms with Crippen molar-refractivity contribution >= 4 is 16.8 Å². The lowest BCUT2D eigenvalue weighted by Crippen LogP contribution is -2.47. The fourth-order valence-corrected chi connectivity index (χ4v) is 4.97. The third-order valence-corrected chi connectivity index (χ3v) is 6.60. The van der Waals surface area contributed by atoms with Crippen molar-refractivity contribution in [3.8, 4) is 22.9 Å². The van der Waals surface area contributed by atoms with E-state index in [0.29, 0.717) is 18.0 Å². The van der Waals surface area contributed by atoms with Crippen molar-refractivity contribution in [1.29, 1.82) is 0 Å². The van der Waals surface area contributed by atoms with Gasteiger partial charge in [-0.25, -0.2) is 4.98 Å². The maximum Gasteiger partial charge on any atom is 0.219 e. The molecular weight excluding hydrogens is 416 g/mol. The molecule has 166 valence electrons. The number of aromatic amines is 1. The van der Waals surface area contributed by atoms with Gasteiger partial charge in [-0.1, -0.05) is 6.07 Å². The second kappa shape index (κ2) is 7.97. The van der Waals surface area contributed by atoms with Gasteiger partial charge in [0.25, 0.3) is 0 Å². The highest BCUT2D eigenvalue weighted by Gasteiger charge is 2.44. The van der Waals surface area contributed by atoms with Crippen LogP contribution in [0.4, 0.5) is 0 Å². The summed E-state index contributed by atoms with van der Waals surface area (Å²) in [6, 6.07) is 16.5. The van der Waals surface area contributed by atoms with E-state index >= 15 is 0 Å². The minimum Gasteiger partial charge on any atom is -0.439 e. The van der Waals surface area contributed by atoms with Crippen LogP contribution in [0.3, 0.4) is 0 Å². The molecule has 0 spiro atoms. The number of carbonyl (C=O) groups is 1. The molecular formula is C25H24N6O2. The highest BCUT2D eigenvalue weighted by Crippen LogP contribution is 2.32. The molecule has 4 aromatic rings. The van der Waals surface area contributed by atoms with E-state index in [9.17, 15) is 4.79 Å². The maximum atomic E-state index is 11.7. The lowest BCUT2D eigenvalue weighted by molar-refractivity contribution is -0.131. The molecule has 2 fully saturated rings. The number of rotatable bonds is 5. The van der Waals surface area contributed by atoms with Gasteiger partial charge in [0.15, 0.2) is 0 Å². The number of nitrogens with one attached hydrogen (secondary N) is 1. The van der Waals surface area contributed by atoms with Gasteiger partial charge in [-0.3, -0.25) is 19.8 Å². The maximum absolute atomic E-state index is 11.7. The van der Waals surface area contributed by atoms with Gasteiger partial charge in [0.05, 0.1) is 16.9 Å². The first-order chi connectivity index (χ1) is 16.1. The molecule has 2 bridgehead atoms. The molecule has 2 saturated heterocycles. The standard InChI is InChI=1S/C25H24N6O2/c1-16(32)31-15-20-11-21(31)14-30(20)13-19-4-2-17-10-22(5-6-23(17)28-19)33-25-7-3-18(12-26-25)24-8-9-27-29-24/h2-10,12,20-21H,11,13-15H2,1H3,(H,27,29)/t20-,21?/m0/s1. The Labute approximate surface area is 191 Å². The van der Waals surface area contributed by atoms with Gasteiger partial charge in [0, 0.05) is 68.1 Å². The van der Waals surface area contributed by atoms with Gasteiger partial charge in [-0.05, 0) is 42.8 Å².